The van der Waals surface area contributed by atoms with E-state index in [1.54, 1.807) is 23.8 Å². The van der Waals surface area contributed by atoms with Crippen LogP contribution in [-0.2, 0) is 13.1 Å². The second-order valence-corrected chi connectivity index (χ2v) is 7.05. The van der Waals surface area contributed by atoms with Crippen LogP contribution in [0.3, 0.4) is 0 Å². The molecule has 0 fully saturated rings. The molecule has 0 atom stereocenters. The molecule has 3 aromatic heterocycles. The molecule has 5 nitrogen and oxygen atoms in total. The number of thiazole rings is 1. The molecule has 0 radical (unpaired) electrons. The maximum absolute atomic E-state index is 5.97. The number of hydrogen-bond acceptors (Lipinski definition) is 4. The fraction of sp³-hybridized carbons (Fsp3) is 0.158. The number of benzene rings is 1. The van der Waals surface area contributed by atoms with Gasteiger partial charge in [0.25, 0.3) is 0 Å². The van der Waals surface area contributed by atoms with Crippen LogP contribution >= 0.6 is 22.9 Å². The van der Waals surface area contributed by atoms with Crippen molar-refractivity contribution in [2.24, 2.45) is 4.99 Å². The third kappa shape index (κ3) is 3.81. The van der Waals surface area contributed by atoms with E-state index < -0.39 is 0 Å². The minimum absolute atomic E-state index is 0.708. The van der Waals surface area contributed by atoms with E-state index in [2.05, 4.69) is 19.5 Å². The summed E-state index contributed by atoms with van der Waals surface area (Å²) < 4.78 is 9.89. The van der Waals surface area contributed by atoms with Crippen molar-refractivity contribution in [3.63, 3.8) is 0 Å². The molecular weight excluding hydrogens is 368 g/mol. The monoisotopic (exact) mass is 384 g/mol. The van der Waals surface area contributed by atoms with E-state index in [0.717, 1.165) is 41.5 Å². The van der Waals surface area contributed by atoms with Gasteiger partial charge in [-0.15, -0.1) is 11.3 Å². The Balaban J connectivity index is 1.65. The molecule has 7 heteroatoms. The van der Waals surface area contributed by atoms with Crippen LogP contribution in [0.5, 0.6) is 0 Å². The smallest absolute Gasteiger partial charge is 0.190 e. The van der Waals surface area contributed by atoms with E-state index in [-0.39, 0.29) is 0 Å². The Morgan fingerprint density at radius 3 is 2.77 bits per heavy atom. The fourth-order valence-electron chi connectivity index (χ4n) is 2.71. The van der Waals surface area contributed by atoms with Gasteiger partial charge in [-0.05, 0) is 42.8 Å². The second-order valence-electron chi connectivity index (χ2n) is 5.77. The largest absolute Gasteiger partial charge is 0.463 e. The predicted molar refractivity (Wildman–Crippen MR) is 104 cm³/mol. The molecule has 3 heterocycles. The molecule has 0 N–H and O–H groups in total. The van der Waals surface area contributed by atoms with Gasteiger partial charge in [-0.2, -0.15) is 0 Å². The zero-order valence-corrected chi connectivity index (χ0v) is 15.5. The second kappa shape index (κ2) is 7.76. The van der Waals surface area contributed by atoms with E-state index in [0.29, 0.717) is 5.02 Å². The number of furan rings is 1. The highest BCUT2D eigenvalue weighted by atomic mass is 35.5. The molecule has 0 amide bonds. The van der Waals surface area contributed by atoms with Crippen molar-refractivity contribution in [2.45, 2.75) is 19.5 Å². The molecule has 0 aliphatic heterocycles. The van der Waals surface area contributed by atoms with Crippen molar-refractivity contribution in [3.8, 4) is 11.5 Å². The predicted octanol–water partition coefficient (Wildman–Crippen LogP) is 4.98. The maximum Gasteiger partial charge on any atom is 0.190 e. The SMILES string of the molecule is Clc1ccc(N=c2scc(-c3ccco3)n2CCCn2ccnc2)cc1. The Labute approximate surface area is 159 Å². The zero-order chi connectivity index (χ0) is 17.8. The van der Waals surface area contributed by atoms with Crippen molar-refractivity contribution >= 4 is 28.6 Å². The molecule has 4 aromatic rings. The third-order valence-corrected chi connectivity index (χ3v) is 5.10. The van der Waals surface area contributed by atoms with Gasteiger partial charge in [0.2, 0.25) is 0 Å². The van der Waals surface area contributed by atoms with Gasteiger partial charge in [0.05, 0.1) is 24.0 Å². The molecular formula is C19H17ClN4OS. The number of imidazole rings is 1. The summed E-state index contributed by atoms with van der Waals surface area (Å²) >= 11 is 7.58. The summed E-state index contributed by atoms with van der Waals surface area (Å²) in [6.45, 7) is 1.74. The topological polar surface area (TPSA) is 48.2 Å². The van der Waals surface area contributed by atoms with E-state index in [1.807, 2.05) is 48.9 Å². The molecule has 0 aliphatic rings. The van der Waals surface area contributed by atoms with Crippen molar-refractivity contribution < 1.29 is 4.42 Å². The van der Waals surface area contributed by atoms with Gasteiger partial charge in [-0.3, -0.25) is 0 Å². The summed E-state index contributed by atoms with van der Waals surface area (Å²) in [4.78, 5) is 9.82. The van der Waals surface area contributed by atoms with Crippen molar-refractivity contribution in [1.82, 2.24) is 14.1 Å². The molecule has 4 rings (SSSR count). The molecule has 0 saturated carbocycles. The molecule has 0 saturated heterocycles. The Morgan fingerprint density at radius 1 is 1.15 bits per heavy atom. The Hall–Kier alpha value is -2.57. The summed E-state index contributed by atoms with van der Waals surface area (Å²) in [5.74, 6) is 0.849. The Kier molecular flexibility index (Phi) is 5.04. The van der Waals surface area contributed by atoms with Crippen LogP contribution in [0.15, 0.2) is 76.2 Å². The summed E-state index contributed by atoms with van der Waals surface area (Å²) in [5, 5.41) is 2.80. The molecule has 1 aromatic carbocycles. The first-order valence-electron chi connectivity index (χ1n) is 8.28. The van der Waals surface area contributed by atoms with Gasteiger partial charge in [-0.1, -0.05) is 11.6 Å². The summed E-state index contributed by atoms with van der Waals surface area (Å²) in [6.07, 6.45) is 8.27. The highest BCUT2D eigenvalue weighted by Crippen LogP contribution is 2.22. The van der Waals surface area contributed by atoms with Crippen LogP contribution in [0.1, 0.15) is 6.42 Å². The average molecular weight is 385 g/mol. The quantitative estimate of drug-likeness (QED) is 0.470. The zero-order valence-electron chi connectivity index (χ0n) is 14.0. The van der Waals surface area contributed by atoms with Crippen molar-refractivity contribution in [1.29, 1.82) is 0 Å². The molecule has 0 unspecified atom stereocenters. The summed E-state index contributed by atoms with van der Waals surface area (Å²) in [7, 11) is 0. The van der Waals surface area contributed by atoms with E-state index in [9.17, 15) is 0 Å². The first-order valence-corrected chi connectivity index (χ1v) is 9.53. The Bertz CT molecular complexity index is 1010. The number of rotatable bonds is 6. The van der Waals surface area contributed by atoms with Crippen molar-refractivity contribution in [3.05, 3.63) is 76.6 Å². The lowest BCUT2D eigenvalue weighted by Crippen LogP contribution is -2.17. The minimum atomic E-state index is 0.708. The van der Waals surface area contributed by atoms with Gasteiger partial charge in [0, 0.05) is 35.9 Å². The summed E-state index contributed by atoms with van der Waals surface area (Å²) in [6, 6.07) is 11.4. The first kappa shape index (κ1) is 16.9. The number of hydrogen-bond donors (Lipinski definition) is 0. The normalized spacial score (nSPS) is 12.0. The molecule has 0 bridgehead atoms. The third-order valence-electron chi connectivity index (χ3n) is 3.98. The molecule has 0 aliphatic carbocycles. The molecule has 26 heavy (non-hydrogen) atoms. The summed E-state index contributed by atoms with van der Waals surface area (Å²) in [5.41, 5.74) is 1.92. The highest BCUT2D eigenvalue weighted by molar-refractivity contribution is 7.07. The highest BCUT2D eigenvalue weighted by Gasteiger charge is 2.10. The average Bonchev–Trinajstić information content (AvgIpc) is 3.39. The van der Waals surface area contributed by atoms with Crippen LogP contribution in [0.25, 0.3) is 11.5 Å². The van der Waals surface area contributed by atoms with Gasteiger partial charge >= 0.3 is 0 Å². The van der Waals surface area contributed by atoms with Gasteiger partial charge < -0.3 is 13.6 Å². The number of aromatic nitrogens is 3. The molecule has 132 valence electrons. The van der Waals surface area contributed by atoms with E-state index in [1.165, 1.54) is 0 Å². The van der Waals surface area contributed by atoms with E-state index >= 15 is 0 Å². The van der Waals surface area contributed by atoms with Crippen LogP contribution < -0.4 is 4.80 Å². The van der Waals surface area contributed by atoms with Crippen LogP contribution in [0, 0.1) is 0 Å². The molecule has 0 spiro atoms. The lowest BCUT2D eigenvalue weighted by molar-refractivity contribution is 0.541. The van der Waals surface area contributed by atoms with E-state index in [4.69, 9.17) is 21.0 Å². The minimum Gasteiger partial charge on any atom is -0.463 e. The van der Waals surface area contributed by atoms with Crippen LogP contribution in [-0.4, -0.2) is 14.1 Å². The van der Waals surface area contributed by atoms with Crippen LogP contribution in [0.2, 0.25) is 5.02 Å². The van der Waals surface area contributed by atoms with Gasteiger partial charge in [0.1, 0.15) is 0 Å². The number of halogens is 1. The van der Waals surface area contributed by atoms with Gasteiger partial charge in [0.15, 0.2) is 10.6 Å². The standard InChI is InChI=1S/C19H17ClN4OS/c20-15-4-6-16(7-5-15)22-19-24(10-2-9-23-11-8-21-14-23)17(13-26-19)18-3-1-12-25-18/h1,3-8,11-14H,2,9-10H2. The fourth-order valence-corrected chi connectivity index (χ4v) is 3.77. The van der Waals surface area contributed by atoms with Crippen LogP contribution in [0.4, 0.5) is 5.69 Å². The number of nitrogens with zero attached hydrogens (tertiary/aromatic N) is 4. The lowest BCUT2D eigenvalue weighted by Gasteiger charge is -2.08. The maximum atomic E-state index is 5.97. The van der Waals surface area contributed by atoms with Crippen molar-refractivity contribution in [2.75, 3.05) is 0 Å². The number of aryl methyl sites for hydroxylation is 1. The van der Waals surface area contributed by atoms with Gasteiger partial charge in [-0.25, -0.2) is 9.98 Å². The Morgan fingerprint density at radius 2 is 2.04 bits per heavy atom. The lowest BCUT2D eigenvalue weighted by atomic mass is 10.3. The first-order chi connectivity index (χ1) is 12.8.